The third kappa shape index (κ3) is 31.9. The highest BCUT2D eigenvalue weighted by atomic mass is 16.7. The molecule has 60 heavy (non-hydrogen) atoms. The zero-order chi connectivity index (χ0) is 43.7. The van der Waals surface area contributed by atoms with E-state index in [-0.39, 0.29) is 12.5 Å². The van der Waals surface area contributed by atoms with Gasteiger partial charge >= 0.3 is 0 Å². The molecule has 0 radical (unpaired) electrons. The Labute approximate surface area is 370 Å². The molecule has 0 aromatic carbocycles. The minimum absolute atomic E-state index is 0.133. The molecule has 0 bridgehead atoms. The summed E-state index contributed by atoms with van der Waals surface area (Å²) in [5.41, 5.74) is 0. The van der Waals surface area contributed by atoms with Crippen LogP contribution in [0.4, 0.5) is 0 Å². The van der Waals surface area contributed by atoms with Crippen molar-refractivity contribution in [2.24, 2.45) is 0 Å². The van der Waals surface area contributed by atoms with Crippen molar-refractivity contribution in [1.29, 1.82) is 0 Å². The molecule has 0 saturated carbocycles. The Morgan fingerprint density at radius 1 is 0.500 bits per heavy atom. The van der Waals surface area contributed by atoms with E-state index in [1.807, 2.05) is 0 Å². The normalized spacial score (nSPS) is 20.4. The molecule has 358 valence electrons. The van der Waals surface area contributed by atoms with E-state index >= 15 is 0 Å². The van der Waals surface area contributed by atoms with Crippen molar-refractivity contribution in [1.82, 2.24) is 5.32 Å². The van der Waals surface area contributed by atoms with Crippen molar-refractivity contribution >= 4 is 5.91 Å². The second kappa shape index (κ2) is 42.2. The number of rotatable bonds is 45. The summed E-state index contributed by atoms with van der Waals surface area (Å²) < 4.78 is 11.2. The Morgan fingerprint density at radius 2 is 0.833 bits per heavy atom. The lowest BCUT2D eigenvalue weighted by Gasteiger charge is -2.40. The molecular formula is C51H101NO8. The van der Waals surface area contributed by atoms with Gasteiger partial charge in [-0.25, -0.2) is 0 Å². The molecule has 1 aliphatic rings. The van der Waals surface area contributed by atoms with Crippen LogP contribution in [0.2, 0.25) is 0 Å². The maximum absolute atomic E-state index is 13.0. The molecule has 0 spiro atoms. The first kappa shape index (κ1) is 57.2. The number of hydrogen-bond acceptors (Lipinski definition) is 8. The molecule has 1 aliphatic heterocycles. The summed E-state index contributed by atoms with van der Waals surface area (Å²) in [6.45, 7) is 3.82. The maximum Gasteiger partial charge on any atom is 0.220 e. The molecule has 9 heteroatoms. The number of carbonyl (C=O) groups is 1. The van der Waals surface area contributed by atoms with Crippen LogP contribution < -0.4 is 5.32 Å². The standard InChI is InChI=1S/C51H101NO8/c1-3-5-7-9-11-13-14-15-16-17-18-19-20-21-22-23-24-25-26-27-28-29-30-31-32-33-35-37-39-41-47(55)52-44(45(54)40-38-36-34-12-10-8-6-4-2)43-59-51-50(58)49(57)48(56)46(42-53)60-51/h44-46,48-51,53-54,56-58H,3-43H2,1-2H3,(H,52,55). The monoisotopic (exact) mass is 856 g/mol. The molecule has 0 aromatic heterocycles. The summed E-state index contributed by atoms with van der Waals surface area (Å²) in [5, 5.41) is 54.2. The van der Waals surface area contributed by atoms with Gasteiger partial charge in [-0.3, -0.25) is 4.79 Å². The van der Waals surface area contributed by atoms with E-state index in [2.05, 4.69) is 19.2 Å². The second-order valence-electron chi connectivity index (χ2n) is 18.7. The first-order chi connectivity index (χ1) is 29.3. The topological polar surface area (TPSA) is 149 Å². The van der Waals surface area contributed by atoms with Crippen LogP contribution in [-0.2, 0) is 14.3 Å². The number of unbranched alkanes of at least 4 members (excludes halogenated alkanes) is 35. The Hall–Kier alpha value is -0.810. The molecule has 1 rings (SSSR count). The largest absolute Gasteiger partial charge is 0.394 e. The lowest BCUT2D eigenvalue weighted by molar-refractivity contribution is -0.302. The highest BCUT2D eigenvalue weighted by molar-refractivity contribution is 5.76. The van der Waals surface area contributed by atoms with Gasteiger partial charge in [0.15, 0.2) is 6.29 Å². The average molecular weight is 856 g/mol. The summed E-state index contributed by atoms with van der Waals surface area (Å²) in [5.74, 6) is -0.141. The summed E-state index contributed by atoms with van der Waals surface area (Å²) in [6, 6.07) is -0.710. The fourth-order valence-electron chi connectivity index (χ4n) is 8.75. The predicted octanol–water partition coefficient (Wildman–Crippen LogP) is 11.9. The minimum Gasteiger partial charge on any atom is -0.394 e. The average Bonchev–Trinajstić information content (AvgIpc) is 3.25. The van der Waals surface area contributed by atoms with E-state index in [0.717, 1.165) is 38.5 Å². The fraction of sp³-hybridized carbons (Fsp3) is 0.980. The number of carbonyl (C=O) groups excluding carboxylic acids is 1. The van der Waals surface area contributed by atoms with Crippen LogP contribution in [0.1, 0.15) is 264 Å². The van der Waals surface area contributed by atoms with E-state index in [4.69, 9.17) is 9.47 Å². The van der Waals surface area contributed by atoms with Crippen molar-refractivity contribution < 1.29 is 39.8 Å². The summed E-state index contributed by atoms with van der Waals surface area (Å²) in [4.78, 5) is 13.0. The SMILES string of the molecule is CCCCCCCCCCCCCCCCCCCCCCCCCCCCCCCC(=O)NC(COC1OC(CO)C(O)C(O)C1O)C(O)CCCCCCCCCC. The molecule has 7 unspecified atom stereocenters. The van der Waals surface area contributed by atoms with Gasteiger partial charge in [0, 0.05) is 6.42 Å². The second-order valence-corrected chi connectivity index (χ2v) is 18.7. The zero-order valence-electron chi connectivity index (χ0n) is 39.5. The molecular weight excluding hydrogens is 755 g/mol. The number of nitrogens with one attached hydrogen (secondary N) is 1. The zero-order valence-corrected chi connectivity index (χ0v) is 39.5. The quantitative estimate of drug-likeness (QED) is 0.0332. The van der Waals surface area contributed by atoms with Crippen LogP contribution in [0.25, 0.3) is 0 Å². The fourth-order valence-corrected chi connectivity index (χ4v) is 8.75. The predicted molar refractivity (Wildman–Crippen MR) is 249 cm³/mol. The minimum atomic E-state index is -1.55. The molecule has 9 nitrogen and oxygen atoms in total. The van der Waals surface area contributed by atoms with Crippen molar-refractivity contribution in [3.05, 3.63) is 0 Å². The highest BCUT2D eigenvalue weighted by Crippen LogP contribution is 2.23. The van der Waals surface area contributed by atoms with Gasteiger partial charge in [-0.15, -0.1) is 0 Å². The number of amides is 1. The van der Waals surface area contributed by atoms with Gasteiger partial charge in [-0.2, -0.15) is 0 Å². The third-order valence-corrected chi connectivity index (χ3v) is 13.0. The van der Waals surface area contributed by atoms with Gasteiger partial charge in [-0.05, 0) is 12.8 Å². The number of ether oxygens (including phenoxy) is 2. The van der Waals surface area contributed by atoms with Crippen LogP contribution in [0.3, 0.4) is 0 Å². The first-order valence-electron chi connectivity index (χ1n) is 26.2. The van der Waals surface area contributed by atoms with Crippen molar-refractivity contribution in [2.75, 3.05) is 13.2 Å². The van der Waals surface area contributed by atoms with Gasteiger partial charge in [0.1, 0.15) is 24.4 Å². The molecule has 1 heterocycles. The van der Waals surface area contributed by atoms with E-state index in [0.29, 0.717) is 12.8 Å². The van der Waals surface area contributed by atoms with Crippen LogP contribution in [0.5, 0.6) is 0 Å². The van der Waals surface area contributed by atoms with Crippen molar-refractivity contribution in [3.8, 4) is 0 Å². The van der Waals surface area contributed by atoms with Gasteiger partial charge in [-0.1, -0.05) is 245 Å². The Bertz CT molecular complexity index is 908. The molecule has 0 aromatic rings. The van der Waals surface area contributed by atoms with E-state index < -0.39 is 49.5 Å². The number of hydrogen-bond donors (Lipinski definition) is 6. The highest BCUT2D eigenvalue weighted by Gasteiger charge is 2.44. The van der Waals surface area contributed by atoms with Crippen LogP contribution in [0.15, 0.2) is 0 Å². The van der Waals surface area contributed by atoms with Gasteiger partial charge in [0.25, 0.3) is 0 Å². The summed E-state index contributed by atoms with van der Waals surface area (Å²) in [7, 11) is 0. The molecule has 6 N–H and O–H groups in total. The summed E-state index contributed by atoms with van der Waals surface area (Å²) in [6.07, 6.45) is 41.6. The van der Waals surface area contributed by atoms with E-state index in [1.54, 1.807) is 0 Å². The van der Waals surface area contributed by atoms with Crippen LogP contribution in [-0.4, -0.2) is 87.5 Å². The summed E-state index contributed by atoms with van der Waals surface area (Å²) >= 11 is 0. The van der Waals surface area contributed by atoms with Crippen LogP contribution >= 0.6 is 0 Å². The number of aliphatic hydroxyl groups is 5. The molecule has 1 fully saturated rings. The van der Waals surface area contributed by atoms with Gasteiger partial charge in [0.2, 0.25) is 5.91 Å². The number of aliphatic hydroxyl groups excluding tert-OH is 5. The van der Waals surface area contributed by atoms with Gasteiger partial charge < -0.3 is 40.3 Å². The van der Waals surface area contributed by atoms with E-state index in [1.165, 1.54) is 199 Å². The third-order valence-electron chi connectivity index (χ3n) is 13.0. The van der Waals surface area contributed by atoms with E-state index in [9.17, 15) is 30.3 Å². The first-order valence-corrected chi connectivity index (χ1v) is 26.2. The molecule has 1 amide bonds. The Kier molecular flexibility index (Phi) is 40.2. The Morgan fingerprint density at radius 3 is 1.18 bits per heavy atom. The maximum atomic E-state index is 13.0. The van der Waals surface area contributed by atoms with Gasteiger partial charge in [0.05, 0.1) is 25.4 Å². The molecule has 1 saturated heterocycles. The van der Waals surface area contributed by atoms with Crippen molar-refractivity contribution in [3.63, 3.8) is 0 Å². The lowest BCUT2D eigenvalue weighted by atomic mass is 9.99. The smallest absolute Gasteiger partial charge is 0.220 e. The molecule has 0 aliphatic carbocycles. The van der Waals surface area contributed by atoms with Crippen molar-refractivity contribution in [2.45, 2.75) is 307 Å². The van der Waals surface area contributed by atoms with Crippen LogP contribution in [0, 0.1) is 0 Å². The molecule has 7 atom stereocenters. The lowest BCUT2D eigenvalue weighted by Crippen LogP contribution is -2.60. The Balaban J connectivity index is 2.07.